The summed E-state index contributed by atoms with van der Waals surface area (Å²) in [6.45, 7) is 3.41. The van der Waals surface area contributed by atoms with Crippen molar-refractivity contribution >= 4 is 26.9 Å². The highest BCUT2D eigenvalue weighted by Gasteiger charge is 2.32. The largest absolute Gasteiger partial charge is 0.493 e. The van der Waals surface area contributed by atoms with Gasteiger partial charge in [-0.25, -0.2) is 13.4 Å². The molecule has 0 amide bonds. The predicted octanol–water partition coefficient (Wildman–Crippen LogP) is 1.44. The number of ether oxygens (including phenoxy) is 2. The third kappa shape index (κ3) is 4.24. The summed E-state index contributed by atoms with van der Waals surface area (Å²) in [7, 11) is 1.48. The van der Waals surface area contributed by atoms with Crippen LogP contribution < -0.4 is 19.9 Å². The summed E-state index contributed by atoms with van der Waals surface area (Å²) in [5.41, 5.74) is 1.99. The topological polar surface area (TPSA) is 108 Å². The fourth-order valence-electron chi connectivity index (χ4n) is 4.77. The van der Waals surface area contributed by atoms with Crippen molar-refractivity contribution in [1.82, 2.24) is 19.2 Å². The van der Waals surface area contributed by atoms with Crippen molar-refractivity contribution in [3.05, 3.63) is 51.8 Å². The average molecular weight is 500 g/mol. The Balaban J connectivity index is 1.47. The van der Waals surface area contributed by atoms with Crippen molar-refractivity contribution in [2.75, 3.05) is 58.9 Å². The molecule has 1 N–H and O–H groups in total. The fourth-order valence-corrected chi connectivity index (χ4v) is 6.48. The maximum absolute atomic E-state index is 13.4. The highest BCUT2D eigenvalue weighted by Crippen LogP contribution is 2.32. The van der Waals surface area contributed by atoms with Gasteiger partial charge in [0.25, 0.3) is 5.56 Å². The number of likely N-dealkylation sites (N-methyl/N-ethyl adjacent to an activating group) is 1. The summed E-state index contributed by atoms with van der Waals surface area (Å²) in [5, 5.41) is 0.407. The van der Waals surface area contributed by atoms with E-state index in [0.717, 1.165) is 24.2 Å². The maximum atomic E-state index is 13.4. The van der Waals surface area contributed by atoms with E-state index >= 15 is 0 Å². The molecule has 3 aromatic rings. The molecule has 0 radical (unpaired) electrons. The molecule has 10 nitrogen and oxygen atoms in total. The average Bonchev–Trinajstić information content (AvgIpc) is 2.87. The Bertz CT molecular complexity index is 1430. The number of anilines is 1. The number of nitrogens with one attached hydrogen (secondary N) is 1. The van der Waals surface area contributed by atoms with Gasteiger partial charge in [0.05, 0.1) is 30.0 Å². The Kier molecular flexibility index (Phi) is 6.16. The van der Waals surface area contributed by atoms with Gasteiger partial charge in [-0.1, -0.05) is 12.1 Å². The molecule has 0 aliphatic carbocycles. The molecule has 0 spiro atoms. The number of benzene rings is 2. The van der Waals surface area contributed by atoms with Crippen LogP contribution in [0.1, 0.15) is 11.1 Å². The first kappa shape index (κ1) is 23.6. The number of sulfonamides is 1. The Morgan fingerprint density at radius 1 is 1.00 bits per heavy atom. The molecule has 0 unspecified atom stereocenters. The minimum atomic E-state index is -3.57. The lowest BCUT2D eigenvalue weighted by molar-refractivity contribution is 0.222. The maximum Gasteiger partial charge on any atom is 0.260 e. The van der Waals surface area contributed by atoms with Crippen LogP contribution >= 0.6 is 0 Å². The number of aromatic nitrogens is 2. The lowest BCUT2D eigenvalue weighted by atomic mass is 10.00. The van der Waals surface area contributed by atoms with E-state index in [0.29, 0.717) is 65.8 Å². The Labute approximate surface area is 204 Å². The van der Waals surface area contributed by atoms with Crippen molar-refractivity contribution in [3.63, 3.8) is 0 Å². The van der Waals surface area contributed by atoms with Gasteiger partial charge in [0.15, 0.2) is 11.5 Å². The van der Waals surface area contributed by atoms with Crippen LogP contribution in [0.5, 0.6) is 11.5 Å². The summed E-state index contributed by atoms with van der Waals surface area (Å²) in [6, 6.07) is 8.74. The molecule has 0 bridgehead atoms. The first-order valence-electron chi connectivity index (χ1n) is 11.5. The molecular formula is C24H29N5O5S. The summed E-state index contributed by atoms with van der Waals surface area (Å²) >= 11 is 0. The molecule has 1 fully saturated rings. The minimum Gasteiger partial charge on any atom is -0.493 e. The lowest BCUT2D eigenvalue weighted by Crippen LogP contribution is -2.47. The molecule has 35 heavy (non-hydrogen) atoms. The van der Waals surface area contributed by atoms with E-state index < -0.39 is 10.0 Å². The van der Waals surface area contributed by atoms with E-state index in [4.69, 9.17) is 9.47 Å². The van der Waals surface area contributed by atoms with Gasteiger partial charge in [-0.15, -0.1) is 0 Å². The normalized spacial score (nSPS) is 17.4. The SMILES string of the molecule is COc1cc2nc(N3CCc4c(cccc4S(=O)(=O)N4CCN(C)CC4)C3)[nH]c(=O)c2cc1OC. The molecular weight excluding hydrogens is 470 g/mol. The third-order valence-electron chi connectivity index (χ3n) is 6.80. The van der Waals surface area contributed by atoms with Gasteiger partial charge in [0.2, 0.25) is 16.0 Å². The van der Waals surface area contributed by atoms with Crippen LogP contribution in [0.2, 0.25) is 0 Å². The third-order valence-corrected chi connectivity index (χ3v) is 8.78. The second-order valence-electron chi connectivity index (χ2n) is 8.89. The van der Waals surface area contributed by atoms with E-state index in [9.17, 15) is 13.2 Å². The molecule has 1 saturated heterocycles. The van der Waals surface area contributed by atoms with Crippen LogP contribution in [0.25, 0.3) is 10.9 Å². The Morgan fingerprint density at radius 3 is 2.43 bits per heavy atom. The molecule has 2 aliphatic rings. The Hall–Kier alpha value is -3.15. The van der Waals surface area contributed by atoms with Gasteiger partial charge in [0, 0.05) is 45.3 Å². The highest BCUT2D eigenvalue weighted by molar-refractivity contribution is 7.89. The second kappa shape index (κ2) is 9.14. The second-order valence-corrected chi connectivity index (χ2v) is 10.8. The van der Waals surface area contributed by atoms with Gasteiger partial charge in [-0.3, -0.25) is 9.78 Å². The van der Waals surface area contributed by atoms with Crippen LogP contribution in [0.4, 0.5) is 5.95 Å². The number of hydrogen-bond donors (Lipinski definition) is 1. The number of rotatable bonds is 5. The molecule has 11 heteroatoms. The van der Waals surface area contributed by atoms with Crippen molar-refractivity contribution in [3.8, 4) is 11.5 Å². The number of hydrogen-bond acceptors (Lipinski definition) is 8. The number of nitrogens with zero attached hydrogens (tertiary/aromatic N) is 4. The summed E-state index contributed by atoms with van der Waals surface area (Å²) in [6.07, 6.45) is 0.534. The van der Waals surface area contributed by atoms with E-state index in [1.807, 2.05) is 18.0 Å². The monoisotopic (exact) mass is 499 g/mol. The molecule has 0 atom stereocenters. The zero-order chi connectivity index (χ0) is 24.7. The number of piperazine rings is 1. The Morgan fingerprint density at radius 2 is 1.71 bits per heavy atom. The first-order chi connectivity index (χ1) is 16.8. The molecule has 5 rings (SSSR count). The quantitative estimate of drug-likeness (QED) is 0.562. The zero-order valence-electron chi connectivity index (χ0n) is 20.1. The van der Waals surface area contributed by atoms with Crippen LogP contribution in [0.3, 0.4) is 0 Å². The molecule has 2 aliphatic heterocycles. The number of fused-ring (bicyclic) bond motifs is 2. The molecule has 186 valence electrons. The molecule has 2 aromatic carbocycles. The van der Waals surface area contributed by atoms with Gasteiger partial charge in [-0.2, -0.15) is 4.31 Å². The van der Waals surface area contributed by atoms with E-state index in [1.54, 1.807) is 28.6 Å². The summed E-state index contributed by atoms with van der Waals surface area (Å²) in [4.78, 5) is 24.9. The van der Waals surface area contributed by atoms with Crippen molar-refractivity contribution in [2.24, 2.45) is 0 Å². The van der Waals surface area contributed by atoms with Crippen molar-refractivity contribution in [2.45, 2.75) is 17.9 Å². The number of aromatic amines is 1. The first-order valence-corrected chi connectivity index (χ1v) is 13.0. The number of methoxy groups -OCH3 is 2. The zero-order valence-corrected chi connectivity index (χ0v) is 20.9. The standard InChI is InChI=1S/C24H29N5O5S/c1-27-9-11-29(12-10-27)35(31,32)22-6-4-5-16-15-28(8-7-17(16)22)24-25-19-14-21(34-3)20(33-2)13-18(19)23(30)26-24/h4-6,13-14H,7-12,15H2,1-3H3,(H,25,26,30). The van der Waals surface area contributed by atoms with E-state index in [2.05, 4.69) is 14.9 Å². The highest BCUT2D eigenvalue weighted by atomic mass is 32.2. The van der Waals surface area contributed by atoms with Crippen molar-refractivity contribution in [1.29, 1.82) is 0 Å². The fraction of sp³-hybridized carbons (Fsp3) is 0.417. The van der Waals surface area contributed by atoms with Crippen LogP contribution in [-0.2, 0) is 23.0 Å². The van der Waals surface area contributed by atoms with Crippen LogP contribution in [-0.4, -0.2) is 81.6 Å². The van der Waals surface area contributed by atoms with Gasteiger partial charge < -0.3 is 19.3 Å². The minimum absolute atomic E-state index is 0.275. The van der Waals surface area contributed by atoms with Crippen molar-refractivity contribution < 1.29 is 17.9 Å². The van der Waals surface area contributed by atoms with Crippen LogP contribution in [0, 0.1) is 0 Å². The smallest absolute Gasteiger partial charge is 0.260 e. The van der Waals surface area contributed by atoms with Gasteiger partial charge in [0.1, 0.15) is 0 Å². The van der Waals surface area contributed by atoms with Gasteiger partial charge >= 0.3 is 0 Å². The summed E-state index contributed by atoms with van der Waals surface area (Å²) in [5.74, 6) is 1.39. The summed E-state index contributed by atoms with van der Waals surface area (Å²) < 4.78 is 39.1. The lowest BCUT2D eigenvalue weighted by Gasteiger charge is -2.34. The molecule has 1 aromatic heterocycles. The molecule has 3 heterocycles. The van der Waals surface area contributed by atoms with Crippen LogP contribution in [0.15, 0.2) is 40.0 Å². The van der Waals surface area contributed by atoms with E-state index in [-0.39, 0.29) is 5.56 Å². The van der Waals surface area contributed by atoms with Gasteiger partial charge in [-0.05, 0) is 36.7 Å². The number of H-pyrrole nitrogens is 1. The van der Waals surface area contributed by atoms with E-state index in [1.165, 1.54) is 14.2 Å². The molecule has 0 saturated carbocycles. The predicted molar refractivity (Wildman–Crippen MR) is 133 cm³/mol.